The van der Waals surface area contributed by atoms with Crippen molar-refractivity contribution in [3.8, 4) is 0 Å². The van der Waals surface area contributed by atoms with Gasteiger partial charge in [-0.15, -0.1) is 0 Å². The van der Waals surface area contributed by atoms with Gasteiger partial charge in [0, 0.05) is 5.69 Å². The molecule has 0 saturated carbocycles. The van der Waals surface area contributed by atoms with Crippen molar-refractivity contribution in [1.82, 2.24) is 4.90 Å². The van der Waals surface area contributed by atoms with Gasteiger partial charge in [0.05, 0.1) is 19.3 Å². The van der Waals surface area contributed by atoms with Crippen LogP contribution in [0.4, 0.5) is 10.5 Å². The van der Waals surface area contributed by atoms with Crippen molar-refractivity contribution in [2.75, 3.05) is 18.5 Å². The van der Waals surface area contributed by atoms with Gasteiger partial charge in [0.25, 0.3) is 0 Å². The Labute approximate surface area is 125 Å². The van der Waals surface area contributed by atoms with Gasteiger partial charge in [-0.05, 0) is 32.9 Å². The van der Waals surface area contributed by atoms with Gasteiger partial charge in [-0.2, -0.15) is 0 Å². The van der Waals surface area contributed by atoms with E-state index < -0.39 is 13.4 Å². The highest BCUT2D eigenvalue weighted by atomic mass is 31.2. The molecule has 2 rings (SSSR count). The third-order valence-corrected chi connectivity index (χ3v) is 5.83. The van der Waals surface area contributed by atoms with Crippen LogP contribution in [0.5, 0.6) is 0 Å². The van der Waals surface area contributed by atoms with Crippen molar-refractivity contribution in [1.29, 1.82) is 0 Å². The normalized spacial score (nSPS) is 21.2. The van der Waals surface area contributed by atoms with E-state index in [-0.39, 0.29) is 25.3 Å². The molecule has 2 amide bonds. The number of nitrogens with zero attached hydrogens (tertiary/aromatic N) is 1. The first-order chi connectivity index (χ1) is 10.0. The number of hydrogen-bond acceptors (Lipinski definition) is 4. The molecule has 0 unspecified atom stereocenters. The third-order valence-electron chi connectivity index (χ3n) is 3.27. The van der Waals surface area contributed by atoms with Gasteiger partial charge in [-0.1, -0.05) is 18.2 Å². The summed E-state index contributed by atoms with van der Waals surface area (Å²) in [6, 6.07) is 8.68. The van der Waals surface area contributed by atoms with Crippen LogP contribution in [-0.4, -0.2) is 36.0 Å². The van der Waals surface area contributed by atoms with Crippen LogP contribution in [0.2, 0.25) is 0 Å². The second kappa shape index (κ2) is 6.60. The zero-order valence-electron chi connectivity index (χ0n) is 12.5. The minimum Gasteiger partial charge on any atom is -0.308 e. The first kappa shape index (κ1) is 16.0. The molecule has 1 fully saturated rings. The van der Waals surface area contributed by atoms with Crippen LogP contribution in [0, 0.1) is 0 Å². The van der Waals surface area contributed by atoms with Crippen LogP contribution < -0.4 is 5.32 Å². The molecule has 6 nitrogen and oxygen atoms in total. The van der Waals surface area contributed by atoms with Crippen molar-refractivity contribution >= 4 is 19.3 Å². The number of para-hydroxylation sites is 1. The number of benzene rings is 1. The molecule has 1 aromatic carbocycles. The second-order valence-electron chi connectivity index (χ2n) is 4.73. The number of anilines is 1. The Morgan fingerprint density at radius 1 is 1.24 bits per heavy atom. The molecule has 2 atom stereocenters. The summed E-state index contributed by atoms with van der Waals surface area (Å²) in [6.07, 6.45) is 0. The first-order valence-corrected chi connectivity index (χ1v) is 8.67. The molecule has 116 valence electrons. The quantitative estimate of drug-likeness (QED) is 0.644. The molecular weight excluding hydrogens is 291 g/mol. The highest BCUT2D eigenvalue weighted by Crippen LogP contribution is 2.62. The maximum atomic E-state index is 12.7. The lowest BCUT2D eigenvalue weighted by Crippen LogP contribution is -2.22. The standard InChI is InChI=1S/C14H21N2O4P/c1-4-19-21(18,20-5-2)13-11(3)16(13)14(17)15-12-9-7-6-8-10-12/h6-11,13H,4-5H2,1-3H3,(H,15,17)/t11-,13-,16?/m0/s1. The number of amides is 2. The van der Waals surface area contributed by atoms with Crippen LogP contribution in [0.3, 0.4) is 0 Å². The van der Waals surface area contributed by atoms with E-state index >= 15 is 0 Å². The maximum Gasteiger partial charge on any atom is 0.355 e. The summed E-state index contributed by atoms with van der Waals surface area (Å²) in [5.74, 6) is -0.513. The van der Waals surface area contributed by atoms with Crippen molar-refractivity contribution in [2.45, 2.75) is 32.6 Å². The third kappa shape index (κ3) is 3.46. The number of urea groups is 1. The van der Waals surface area contributed by atoms with Crippen LogP contribution in [0.25, 0.3) is 0 Å². The molecule has 0 aliphatic carbocycles. The summed E-state index contributed by atoms with van der Waals surface area (Å²) >= 11 is 0. The van der Waals surface area contributed by atoms with Crippen LogP contribution in [0.15, 0.2) is 30.3 Å². The van der Waals surface area contributed by atoms with E-state index in [1.807, 2.05) is 25.1 Å². The predicted octanol–water partition coefficient (Wildman–Crippen LogP) is 3.51. The number of carbonyl (C=O) groups is 1. The maximum absolute atomic E-state index is 12.7. The lowest BCUT2D eigenvalue weighted by molar-refractivity contribution is 0.211. The fourth-order valence-corrected chi connectivity index (χ4v) is 4.63. The molecule has 0 bridgehead atoms. The predicted molar refractivity (Wildman–Crippen MR) is 81.4 cm³/mol. The van der Waals surface area contributed by atoms with Gasteiger partial charge >= 0.3 is 13.6 Å². The van der Waals surface area contributed by atoms with Crippen molar-refractivity contribution in [3.63, 3.8) is 0 Å². The zero-order valence-corrected chi connectivity index (χ0v) is 13.4. The Balaban J connectivity index is 2.05. The molecular formula is C14H21N2O4P. The number of carbonyl (C=O) groups excluding carboxylic acids is 1. The van der Waals surface area contributed by atoms with Gasteiger partial charge in [-0.25, -0.2) is 4.79 Å². The lowest BCUT2D eigenvalue weighted by atomic mass is 10.3. The molecule has 1 aliphatic rings. The van der Waals surface area contributed by atoms with E-state index in [9.17, 15) is 9.36 Å². The van der Waals surface area contributed by atoms with Crippen molar-refractivity contribution in [2.24, 2.45) is 0 Å². The Morgan fingerprint density at radius 3 is 2.33 bits per heavy atom. The molecule has 1 N–H and O–H groups in total. The fraction of sp³-hybridized carbons (Fsp3) is 0.500. The van der Waals surface area contributed by atoms with E-state index in [1.54, 1.807) is 26.0 Å². The molecule has 1 heterocycles. The molecule has 0 radical (unpaired) electrons. The lowest BCUT2D eigenvalue weighted by Gasteiger charge is -2.16. The van der Waals surface area contributed by atoms with Gasteiger partial charge in [0.15, 0.2) is 5.78 Å². The van der Waals surface area contributed by atoms with Gasteiger partial charge in [0.2, 0.25) is 0 Å². The monoisotopic (exact) mass is 312 g/mol. The Bertz CT molecular complexity index is 527. The molecule has 0 spiro atoms. The average molecular weight is 312 g/mol. The number of nitrogens with one attached hydrogen (secondary N) is 1. The van der Waals surface area contributed by atoms with E-state index in [2.05, 4.69) is 5.32 Å². The Hall–Kier alpha value is -1.36. The summed E-state index contributed by atoms with van der Waals surface area (Å²) in [5.41, 5.74) is 0.697. The first-order valence-electron chi connectivity index (χ1n) is 7.06. The minimum absolute atomic E-state index is 0.169. The van der Waals surface area contributed by atoms with E-state index in [1.165, 1.54) is 4.90 Å². The summed E-state index contributed by atoms with van der Waals surface area (Å²) in [5, 5.41) is 2.78. The average Bonchev–Trinajstić information content (AvgIpc) is 3.13. The fourth-order valence-electron chi connectivity index (χ4n) is 2.31. The van der Waals surface area contributed by atoms with Gasteiger partial charge in [0.1, 0.15) is 0 Å². The summed E-state index contributed by atoms with van der Waals surface area (Å²) in [7, 11) is -3.29. The Morgan fingerprint density at radius 2 is 1.81 bits per heavy atom. The summed E-state index contributed by atoms with van der Waals surface area (Å²) in [4.78, 5) is 13.7. The second-order valence-corrected chi connectivity index (χ2v) is 6.86. The summed E-state index contributed by atoms with van der Waals surface area (Å²) in [6.45, 7) is 5.92. The van der Waals surface area contributed by atoms with E-state index in [4.69, 9.17) is 9.05 Å². The van der Waals surface area contributed by atoms with Crippen LogP contribution in [-0.2, 0) is 13.6 Å². The Kier molecular flexibility index (Phi) is 5.04. The highest BCUT2D eigenvalue weighted by molar-refractivity contribution is 7.55. The molecule has 1 aliphatic heterocycles. The van der Waals surface area contributed by atoms with Gasteiger partial charge in [-0.3, -0.25) is 4.57 Å². The zero-order chi connectivity index (χ0) is 15.5. The molecule has 1 saturated heterocycles. The van der Waals surface area contributed by atoms with Crippen LogP contribution >= 0.6 is 7.60 Å². The van der Waals surface area contributed by atoms with E-state index in [0.717, 1.165) is 0 Å². The van der Waals surface area contributed by atoms with Crippen molar-refractivity contribution in [3.05, 3.63) is 30.3 Å². The van der Waals surface area contributed by atoms with Gasteiger partial charge < -0.3 is 19.3 Å². The van der Waals surface area contributed by atoms with E-state index in [0.29, 0.717) is 5.69 Å². The molecule has 21 heavy (non-hydrogen) atoms. The number of hydrogen-bond donors (Lipinski definition) is 1. The topological polar surface area (TPSA) is 67.6 Å². The largest absolute Gasteiger partial charge is 0.355 e. The smallest absolute Gasteiger partial charge is 0.308 e. The molecule has 1 aromatic rings. The highest BCUT2D eigenvalue weighted by Gasteiger charge is 2.60. The minimum atomic E-state index is -3.29. The molecule has 7 heteroatoms. The van der Waals surface area contributed by atoms with Crippen LogP contribution in [0.1, 0.15) is 20.8 Å². The van der Waals surface area contributed by atoms with Crippen molar-refractivity contribution < 1.29 is 18.4 Å². The SMILES string of the molecule is CCOP(=O)(OCC)[C@H]1[C@H](C)N1C(=O)Nc1ccccc1. The molecule has 0 aromatic heterocycles. The number of rotatable bonds is 6. The summed E-state index contributed by atoms with van der Waals surface area (Å²) < 4.78 is 23.3.